The van der Waals surface area contributed by atoms with Crippen LogP contribution in [0.5, 0.6) is 0 Å². The fraction of sp³-hybridized carbons (Fsp3) is 0.765. The van der Waals surface area contributed by atoms with E-state index in [1.807, 2.05) is 13.8 Å². The Hall–Kier alpha value is -1.41. The van der Waals surface area contributed by atoms with Crippen molar-refractivity contribution in [1.29, 1.82) is 0 Å². The van der Waals surface area contributed by atoms with Gasteiger partial charge in [0.15, 0.2) is 0 Å². The lowest BCUT2D eigenvalue weighted by Crippen LogP contribution is -2.47. The van der Waals surface area contributed by atoms with Crippen molar-refractivity contribution < 1.29 is 22.6 Å². The van der Waals surface area contributed by atoms with Gasteiger partial charge in [0.2, 0.25) is 0 Å². The van der Waals surface area contributed by atoms with Gasteiger partial charge in [-0.15, -0.1) is 0 Å². The van der Waals surface area contributed by atoms with Crippen molar-refractivity contribution in [2.45, 2.75) is 63.4 Å². The molecular formula is C17H28F3N3O2. The highest BCUT2D eigenvalue weighted by Crippen LogP contribution is 2.43. The van der Waals surface area contributed by atoms with Gasteiger partial charge in [-0.2, -0.15) is 13.2 Å². The van der Waals surface area contributed by atoms with Gasteiger partial charge in [0.25, 0.3) is 0 Å². The SMILES string of the molecule is CC(C)OCC12CCCN1C(COC(/C=C(\N)C(F)(F)F)=C/N)CC2. The smallest absolute Gasteiger partial charge is 0.430 e. The molecule has 2 atom stereocenters. The van der Waals surface area contributed by atoms with Gasteiger partial charge in [-0.25, -0.2) is 0 Å². The highest BCUT2D eigenvalue weighted by atomic mass is 19.4. The number of halogens is 3. The maximum atomic E-state index is 12.5. The minimum atomic E-state index is -4.59. The summed E-state index contributed by atoms with van der Waals surface area (Å²) in [6.07, 6.45) is 1.43. The summed E-state index contributed by atoms with van der Waals surface area (Å²) in [7, 11) is 0. The van der Waals surface area contributed by atoms with Crippen molar-refractivity contribution in [2.24, 2.45) is 11.5 Å². The molecule has 0 aromatic heterocycles. The molecule has 2 aliphatic rings. The molecule has 0 radical (unpaired) electrons. The summed E-state index contributed by atoms with van der Waals surface area (Å²) in [5, 5.41) is 0. The van der Waals surface area contributed by atoms with Crippen molar-refractivity contribution in [3.05, 3.63) is 23.7 Å². The third-order valence-electron chi connectivity index (χ3n) is 4.95. The minimum absolute atomic E-state index is 0.0335. The lowest BCUT2D eigenvalue weighted by atomic mass is 9.95. The van der Waals surface area contributed by atoms with E-state index in [2.05, 4.69) is 4.90 Å². The van der Waals surface area contributed by atoms with Gasteiger partial charge in [0, 0.05) is 23.9 Å². The van der Waals surface area contributed by atoms with E-state index in [9.17, 15) is 13.2 Å². The number of alkyl halides is 3. The van der Waals surface area contributed by atoms with E-state index in [-0.39, 0.29) is 30.1 Å². The molecule has 0 saturated carbocycles. The Morgan fingerprint density at radius 2 is 2.08 bits per heavy atom. The number of hydrogen-bond acceptors (Lipinski definition) is 5. The minimum Gasteiger partial charge on any atom is -0.490 e. The molecule has 0 amide bonds. The van der Waals surface area contributed by atoms with E-state index in [4.69, 9.17) is 20.9 Å². The normalized spacial score (nSPS) is 28.6. The molecule has 0 aliphatic carbocycles. The molecule has 0 aromatic rings. The Balaban J connectivity index is 1.95. The van der Waals surface area contributed by atoms with Crippen LogP contribution >= 0.6 is 0 Å². The monoisotopic (exact) mass is 363 g/mol. The fourth-order valence-electron chi connectivity index (χ4n) is 3.68. The third kappa shape index (κ3) is 4.82. The zero-order valence-electron chi connectivity index (χ0n) is 14.8. The average molecular weight is 363 g/mol. The van der Waals surface area contributed by atoms with Crippen LogP contribution < -0.4 is 11.5 Å². The molecule has 2 unspecified atom stereocenters. The summed E-state index contributed by atoms with van der Waals surface area (Å²) in [6, 6.07) is 0.147. The first-order valence-electron chi connectivity index (χ1n) is 8.65. The summed E-state index contributed by atoms with van der Waals surface area (Å²) >= 11 is 0. The molecule has 25 heavy (non-hydrogen) atoms. The maximum Gasteiger partial charge on any atom is 0.430 e. The van der Waals surface area contributed by atoms with E-state index in [0.717, 1.165) is 44.5 Å². The Bertz CT molecular complexity index is 520. The molecule has 2 rings (SSSR count). The van der Waals surface area contributed by atoms with Crippen LogP contribution in [0.1, 0.15) is 39.5 Å². The Morgan fingerprint density at radius 3 is 2.68 bits per heavy atom. The average Bonchev–Trinajstić information content (AvgIpc) is 3.07. The first-order chi connectivity index (χ1) is 11.7. The summed E-state index contributed by atoms with van der Waals surface area (Å²) in [5.74, 6) is -0.0649. The van der Waals surface area contributed by atoms with Gasteiger partial charge < -0.3 is 20.9 Å². The lowest BCUT2D eigenvalue weighted by molar-refractivity contribution is -0.0929. The van der Waals surface area contributed by atoms with Crippen molar-refractivity contribution in [2.75, 3.05) is 19.8 Å². The molecule has 2 fully saturated rings. The number of rotatable bonds is 7. The Morgan fingerprint density at radius 1 is 1.36 bits per heavy atom. The van der Waals surface area contributed by atoms with Gasteiger partial charge in [-0.05, 0) is 46.1 Å². The largest absolute Gasteiger partial charge is 0.490 e. The van der Waals surface area contributed by atoms with Crippen molar-refractivity contribution in [3.8, 4) is 0 Å². The maximum absolute atomic E-state index is 12.5. The van der Waals surface area contributed by atoms with Crippen LogP contribution in [-0.4, -0.2) is 48.5 Å². The molecule has 2 aliphatic heterocycles. The second-order valence-corrected chi connectivity index (χ2v) is 7.05. The Kier molecular flexibility index (Phi) is 6.26. The number of fused-ring (bicyclic) bond motifs is 1. The zero-order chi connectivity index (χ0) is 18.7. The number of nitrogens with zero attached hydrogens (tertiary/aromatic N) is 1. The molecule has 0 bridgehead atoms. The molecule has 0 spiro atoms. The molecule has 2 saturated heterocycles. The van der Waals surface area contributed by atoms with Gasteiger partial charge in [-0.1, -0.05) is 0 Å². The second kappa shape index (κ2) is 7.86. The molecular weight excluding hydrogens is 335 g/mol. The fourth-order valence-corrected chi connectivity index (χ4v) is 3.68. The van der Waals surface area contributed by atoms with Crippen LogP contribution in [0, 0.1) is 0 Å². The predicted octanol–water partition coefficient (Wildman–Crippen LogP) is 2.63. The number of hydrogen-bond donors (Lipinski definition) is 2. The summed E-state index contributed by atoms with van der Waals surface area (Å²) < 4.78 is 48.9. The van der Waals surface area contributed by atoms with E-state index >= 15 is 0 Å². The van der Waals surface area contributed by atoms with E-state index in [1.54, 1.807) is 0 Å². The lowest BCUT2D eigenvalue weighted by Gasteiger charge is -2.35. The summed E-state index contributed by atoms with van der Waals surface area (Å²) in [5.41, 5.74) is 9.20. The highest BCUT2D eigenvalue weighted by molar-refractivity contribution is 5.19. The van der Waals surface area contributed by atoms with Crippen molar-refractivity contribution in [1.82, 2.24) is 4.90 Å². The quantitative estimate of drug-likeness (QED) is 0.537. The van der Waals surface area contributed by atoms with Crippen molar-refractivity contribution in [3.63, 3.8) is 0 Å². The van der Waals surface area contributed by atoms with E-state index < -0.39 is 11.9 Å². The molecule has 2 heterocycles. The van der Waals surface area contributed by atoms with Gasteiger partial charge in [-0.3, -0.25) is 4.90 Å². The summed E-state index contributed by atoms with van der Waals surface area (Å²) in [6.45, 7) is 5.95. The van der Waals surface area contributed by atoms with Crippen LogP contribution in [-0.2, 0) is 9.47 Å². The summed E-state index contributed by atoms with van der Waals surface area (Å²) in [4.78, 5) is 2.39. The topological polar surface area (TPSA) is 73.7 Å². The zero-order valence-corrected chi connectivity index (χ0v) is 14.8. The molecule has 144 valence electrons. The van der Waals surface area contributed by atoms with E-state index in [1.165, 1.54) is 0 Å². The van der Waals surface area contributed by atoms with Crippen LogP contribution in [0.4, 0.5) is 13.2 Å². The number of ether oxygens (including phenoxy) is 2. The molecule has 4 N–H and O–H groups in total. The van der Waals surface area contributed by atoms with E-state index in [0.29, 0.717) is 6.61 Å². The van der Waals surface area contributed by atoms with Gasteiger partial charge in [0.05, 0.1) is 12.7 Å². The van der Waals surface area contributed by atoms with Crippen LogP contribution in [0.2, 0.25) is 0 Å². The molecule has 0 aromatic carbocycles. The van der Waals surface area contributed by atoms with Gasteiger partial charge >= 0.3 is 6.18 Å². The molecule has 5 nitrogen and oxygen atoms in total. The first-order valence-corrected chi connectivity index (χ1v) is 8.65. The number of nitrogens with two attached hydrogens (primary N) is 2. The number of allylic oxidation sites excluding steroid dienone is 2. The third-order valence-corrected chi connectivity index (χ3v) is 4.95. The highest BCUT2D eigenvalue weighted by Gasteiger charge is 2.49. The van der Waals surface area contributed by atoms with Crippen molar-refractivity contribution >= 4 is 0 Å². The standard InChI is InChI=1S/C17H28F3N3O2/c1-12(2)25-11-16-5-3-7-23(16)13(4-6-16)10-24-14(9-21)8-15(22)17(18,19)20/h8-9,12-13H,3-7,10-11,21-22H2,1-2H3/b14-9+,15-8-. The molecule has 8 heteroatoms. The Labute approximate surface area is 146 Å². The van der Waals surface area contributed by atoms with Crippen LogP contribution in [0.3, 0.4) is 0 Å². The van der Waals surface area contributed by atoms with Crippen LogP contribution in [0.15, 0.2) is 23.7 Å². The van der Waals surface area contributed by atoms with Crippen LogP contribution in [0.25, 0.3) is 0 Å². The first kappa shape index (κ1) is 19.9. The predicted molar refractivity (Wildman–Crippen MR) is 89.3 cm³/mol. The van der Waals surface area contributed by atoms with Gasteiger partial charge in [0.1, 0.15) is 18.1 Å². The second-order valence-electron chi connectivity index (χ2n) is 7.05.